The number of hydrogen-bond acceptors (Lipinski definition) is 6. The van der Waals surface area contributed by atoms with Crippen molar-refractivity contribution >= 4 is 36.0 Å². The first-order chi connectivity index (χ1) is 10.8. The van der Waals surface area contributed by atoms with Gasteiger partial charge in [0.05, 0.1) is 19.2 Å². The molecule has 3 aliphatic rings. The SMILES string of the molecule is CC(C)(C)OC(=O)N1CCN2C(NCC3(CO)CC3)=NCC2C1.I. The number of aliphatic hydroxyl groups is 1. The predicted octanol–water partition coefficient (Wildman–Crippen LogP) is 1.26. The molecule has 2 aliphatic heterocycles. The van der Waals surface area contributed by atoms with E-state index in [4.69, 9.17) is 4.74 Å². The summed E-state index contributed by atoms with van der Waals surface area (Å²) in [6, 6.07) is 0.225. The molecule has 1 saturated carbocycles. The minimum atomic E-state index is -0.462. The van der Waals surface area contributed by atoms with Crippen molar-refractivity contribution in [1.82, 2.24) is 15.1 Å². The third-order valence-electron chi connectivity index (χ3n) is 4.77. The number of piperazine rings is 1. The highest BCUT2D eigenvalue weighted by atomic mass is 127. The number of ether oxygens (including phenoxy) is 1. The molecular weight excluding hydrogens is 423 g/mol. The number of halogens is 1. The Kier molecular flexibility index (Phi) is 5.89. The highest BCUT2D eigenvalue weighted by molar-refractivity contribution is 14.0. The highest BCUT2D eigenvalue weighted by Gasteiger charge is 2.43. The molecule has 1 unspecified atom stereocenters. The van der Waals surface area contributed by atoms with E-state index in [1.54, 1.807) is 4.90 Å². The Morgan fingerprint density at radius 1 is 1.42 bits per heavy atom. The molecule has 2 N–H and O–H groups in total. The molecule has 0 aromatic carbocycles. The minimum Gasteiger partial charge on any atom is -0.444 e. The maximum absolute atomic E-state index is 12.2. The number of rotatable bonds is 3. The second kappa shape index (κ2) is 7.23. The number of aliphatic imine (C=N–C) groups is 1. The normalized spacial score (nSPS) is 24.7. The first kappa shape index (κ1) is 19.6. The van der Waals surface area contributed by atoms with Gasteiger partial charge < -0.3 is 25.0 Å². The Bertz CT molecular complexity index is 502. The van der Waals surface area contributed by atoms with Gasteiger partial charge in [-0.1, -0.05) is 0 Å². The molecule has 1 saturated heterocycles. The lowest BCUT2D eigenvalue weighted by Gasteiger charge is -2.39. The van der Waals surface area contributed by atoms with E-state index in [0.717, 1.165) is 31.9 Å². The standard InChI is InChI=1S/C16H28N4O3.HI/c1-15(2,3)23-14(22)19-6-7-20-12(9-19)8-17-13(20)18-10-16(11-21)4-5-16;/h12,21H,4-11H2,1-3H3,(H,17,18);1H. The summed E-state index contributed by atoms with van der Waals surface area (Å²) in [5, 5.41) is 12.8. The summed E-state index contributed by atoms with van der Waals surface area (Å²) in [5.41, 5.74) is -0.394. The maximum Gasteiger partial charge on any atom is 0.410 e. The van der Waals surface area contributed by atoms with Crippen LogP contribution in [0.1, 0.15) is 33.6 Å². The Morgan fingerprint density at radius 2 is 2.12 bits per heavy atom. The van der Waals surface area contributed by atoms with Crippen molar-refractivity contribution in [2.45, 2.75) is 45.3 Å². The van der Waals surface area contributed by atoms with Crippen molar-refractivity contribution in [2.24, 2.45) is 10.4 Å². The molecule has 0 aromatic rings. The smallest absolute Gasteiger partial charge is 0.410 e. The first-order valence-electron chi connectivity index (χ1n) is 8.46. The van der Waals surface area contributed by atoms with Gasteiger partial charge in [-0.3, -0.25) is 4.99 Å². The van der Waals surface area contributed by atoms with Crippen LogP contribution in [0.15, 0.2) is 4.99 Å². The summed E-state index contributed by atoms with van der Waals surface area (Å²) in [6.45, 7) is 9.44. The van der Waals surface area contributed by atoms with Crippen LogP contribution in [0, 0.1) is 5.41 Å². The van der Waals surface area contributed by atoms with Gasteiger partial charge in [-0.15, -0.1) is 24.0 Å². The van der Waals surface area contributed by atoms with E-state index >= 15 is 0 Å². The zero-order valence-corrected chi connectivity index (χ0v) is 17.1. The quantitative estimate of drug-likeness (QED) is 0.631. The van der Waals surface area contributed by atoms with Crippen molar-refractivity contribution in [3.05, 3.63) is 0 Å². The molecule has 1 atom stereocenters. The summed E-state index contributed by atoms with van der Waals surface area (Å²) in [5.74, 6) is 0.915. The third-order valence-corrected chi connectivity index (χ3v) is 4.77. The first-order valence-corrected chi connectivity index (χ1v) is 8.46. The molecule has 2 heterocycles. The van der Waals surface area contributed by atoms with Crippen LogP contribution in [0.2, 0.25) is 0 Å². The number of carbonyl (C=O) groups excluding carboxylic acids is 1. The van der Waals surface area contributed by atoms with E-state index in [1.807, 2.05) is 20.8 Å². The zero-order valence-electron chi connectivity index (χ0n) is 14.7. The molecule has 0 bridgehead atoms. The fourth-order valence-electron chi connectivity index (χ4n) is 3.06. The van der Waals surface area contributed by atoms with E-state index in [2.05, 4.69) is 15.2 Å². The Morgan fingerprint density at radius 3 is 2.71 bits per heavy atom. The molecule has 2 fully saturated rings. The van der Waals surface area contributed by atoms with Gasteiger partial charge in [0.15, 0.2) is 5.96 Å². The van der Waals surface area contributed by atoms with Crippen molar-refractivity contribution in [3.63, 3.8) is 0 Å². The van der Waals surface area contributed by atoms with Crippen LogP contribution in [0.5, 0.6) is 0 Å². The number of nitrogens with one attached hydrogen (secondary N) is 1. The van der Waals surface area contributed by atoms with Gasteiger partial charge in [-0.05, 0) is 33.6 Å². The largest absolute Gasteiger partial charge is 0.444 e. The number of carbonyl (C=O) groups is 1. The molecule has 8 heteroatoms. The molecule has 1 aliphatic carbocycles. The second-order valence-corrected chi connectivity index (χ2v) is 7.95. The van der Waals surface area contributed by atoms with E-state index in [0.29, 0.717) is 19.6 Å². The van der Waals surface area contributed by atoms with Gasteiger partial charge in [0.2, 0.25) is 0 Å². The van der Waals surface area contributed by atoms with E-state index in [-0.39, 0.29) is 48.1 Å². The van der Waals surface area contributed by atoms with Crippen molar-refractivity contribution in [1.29, 1.82) is 0 Å². The van der Waals surface area contributed by atoms with E-state index in [9.17, 15) is 9.90 Å². The molecule has 1 amide bonds. The number of fused-ring (bicyclic) bond motifs is 1. The summed E-state index contributed by atoms with van der Waals surface area (Å²) in [4.78, 5) is 20.8. The molecule has 0 radical (unpaired) electrons. The number of aliphatic hydroxyl groups excluding tert-OH is 1. The number of hydrogen-bond donors (Lipinski definition) is 2. The van der Waals surface area contributed by atoms with Gasteiger partial charge in [0, 0.05) is 31.6 Å². The summed E-state index contributed by atoms with van der Waals surface area (Å²) in [7, 11) is 0. The Hall–Kier alpha value is -0.770. The lowest BCUT2D eigenvalue weighted by atomic mass is 10.1. The fraction of sp³-hybridized carbons (Fsp3) is 0.875. The van der Waals surface area contributed by atoms with E-state index < -0.39 is 5.60 Å². The average molecular weight is 452 g/mol. The summed E-state index contributed by atoms with van der Waals surface area (Å²) >= 11 is 0. The molecule has 3 rings (SSSR count). The van der Waals surface area contributed by atoms with Crippen LogP contribution in [-0.2, 0) is 4.74 Å². The maximum atomic E-state index is 12.2. The number of guanidine groups is 1. The zero-order chi connectivity index (χ0) is 16.7. The number of amides is 1. The third kappa shape index (κ3) is 4.44. The van der Waals surface area contributed by atoms with Crippen LogP contribution < -0.4 is 5.32 Å². The monoisotopic (exact) mass is 452 g/mol. The van der Waals surface area contributed by atoms with Crippen molar-refractivity contribution < 1.29 is 14.6 Å². The molecule has 24 heavy (non-hydrogen) atoms. The van der Waals surface area contributed by atoms with Gasteiger partial charge in [0.25, 0.3) is 0 Å². The average Bonchev–Trinajstić information content (AvgIpc) is 3.16. The summed E-state index contributed by atoms with van der Waals surface area (Å²) in [6.07, 6.45) is 1.93. The van der Waals surface area contributed by atoms with Crippen LogP contribution in [0.3, 0.4) is 0 Å². The van der Waals surface area contributed by atoms with Gasteiger partial charge in [-0.2, -0.15) is 0 Å². The highest BCUT2D eigenvalue weighted by Crippen LogP contribution is 2.44. The predicted molar refractivity (Wildman–Crippen MR) is 103 cm³/mol. The Labute approximate surface area is 160 Å². The lowest BCUT2D eigenvalue weighted by Crippen LogP contribution is -2.58. The Balaban J connectivity index is 0.00000208. The van der Waals surface area contributed by atoms with Crippen LogP contribution in [0.25, 0.3) is 0 Å². The molecule has 0 aromatic heterocycles. The van der Waals surface area contributed by atoms with Gasteiger partial charge in [0.1, 0.15) is 5.60 Å². The minimum absolute atomic E-state index is 0. The lowest BCUT2D eigenvalue weighted by molar-refractivity contribution is 0.0137. The van der Waals surface area contributed by atoms with E-state index in [1.165, 1.54) is 0 Å². The number of nitrogens with zero attached hydrogens (tertiary/aromatic N) is 3. The van der Waals surface area contributed by atoms with Gasteiger partial charge in [-0.25, -0.2) is 4.79 Å². The van der Waals surface area contributed by atoms with Crippen LogP contribution in [0.4, 0.5) is 4.79 Å². The fourth-order valence-corrected chi connectivity index (χ4v) is 3.06. The van der Waals surface area contributed by atoms with Crippen molar-refractivity contribution in [2.75, 3.05) is 39.3 Å². The van der Waals surface area contributed by atoms with Crippen LogP contribution in [-0.4, -0.2) is 77.9 Å². The second-order valence-electron chi connectivity index (χ2n) is 7.95. The molecule has 138 valence electrons. The molecular formula is C16H29IN4O3. The summed E-state index contributed by atoms with van der Waals surface area (Å²) < 4.78 is 5.46. The molecule has 0 spiro atoms. The van der Waals surface area contributed by atoms with Gasteiger partial charge >= 0.3 is 6.09 Å². The molecule has 7 nitrogen and oxygen atoms in total. The van der Waals surface area contributed by atoms with Crippen molar-refractivity contribution in [3.8, 4) is 0 Å². The van der Waals surface area contributed by atoms with Crippen LogP contribution >= 0.6 is 24.0 Å². The topological polar surface area (TPSA) is 77.4 Å².